The van der Waals surface area contributed by atoms with E-state index < -0.39 is 34.4 Å². The van der Waals surface area contributed by atoms with Gasteiger partial charge in [-0.25, -0.2) is 14.5 Å². The molecule has 0 saturated carbocycles. The minimum Gasteiger partial charge on any atom is -0.347 e. The molecular weight excluding hydrogens is 372 g/mol. The predicted octanol–water partition coefficient (Wildman–Crippen LogP) is -2.03. The van der Waals surface area contributed by atoms with E-state index in [0.29, 0.717) is 11.5 Å². The van der Waals surface area contributed by atoms with Crippen LogP contribution in [0.4, 0.5) is 4.79 Å². The van der Waals surface area contributed by atoms with Gasteiger partial charge in [0.05, 0.1) is 12.6 Å². The Balaban J connectivity index is 1.56. The summed E-state index contributed by atoms with van der Waals surface area (Å²) in [5.74, 6) is -0.834. The van der Waals surface area contributed by atoms with Crippen LogP contribution in [0.2, 0.25) is 0 Å². The van der Waals surface area contributed by atoms with Crippen LogP contribution in [0.1, 0.15) is 12.8 Å². The predicted molar refractivity (Wildman–Crippen MR) is 81.4 cm³/mol. The van der Waals surface area contributed by atoms with Crippen molar-refractivity contribution in [1.29, 1.82) is 0 Å². The number of ketones is 1. The first-order chi connectivity index (χ1) is 12.2. The van der Waals surface area contributed by atoms with Crippen molar-refractivity contribution in [3.63, 3.8) is 0 Å². The maximum Gasteiger partial charge on any atom is 0.418 e. The first kappa shape index (κ1) is 18.2. The molecule has 0 radical (unpaired) electrons. The fourth-order valence-corrected chi connectivity index (χ4v) is 3.35. The highest BCUT2D eigenvalue weighted by Gasteiger charge is 2.49. The molecule has 2 N–H and O–H groups in total. The first-order valence-electron chi connectivity index (χ1n) is 7.63. The van der Waals surface area contributed by atoms with Gasteiger partial charge in [0.2, 0.25) is 5.91 Å². The third-order valence-corrected chi connectivity index (χ3v) is 4.41. The van der Waals surface area contributed by atoms with Crippen molar-refractivity contribution in [3.05, 3.63) is 12.7 Å². The zero-order chi connectivity index (χ0) is 18.9. The average molecular weight is 388 g/mol. The van der Waals surface area contributed by atoms with E-state index in [1.54, 1.807) is 0 Å². The molecule has 13 nitrogen and oxygen atoms in total. The molecule has 14 heteroatoms. The normalized spacial score (nSPS) is 22.6. The van der Waals surface area contributed by atoms with Gasteiger partial charge < -0.3 is 10.2 Å². The van der Waals surface area contributed by atoms with Crippen LogP contribution in [-0.2, 0) is 30.8 Å². The van der Waals surface area contributed by atoms with Crippen molar-refractivity contribution in [3.8, 4) is 0 Å². The SMILES string of the molecule is O=C(CNC(=O)[C@@H]1CC[C@@H]2CN1C(=O)N2OS(=O)(=O)O)Cn1cncn1. The maximum atomic E-state index is 12.3. The van der Waals surface area contributed by atoms with Gasteiger partial charge in [-0.3, -0.25) is 14.1 Å². The zero-order valence-electron chi connectivity index (χ0n) is 13.4. The van der Waals surface area contributed by atoms with E-state index in [9.17, 15) is 22.8 Å². The van der Waals surface area contributed by atoms with Gasteiger partial charge in [-0.05, 0) is 12.8 Å². The van der Waals surface area contributed by atoms with E-state index in [2.05, 4.69) is 19.7 Å². The summed E-state index contributed by atoms with van der Waals surface area (Å²) in [5.41, 5.74) is 0. The number of piperidine rings is 1. The smallest absolute Gasteiger partial charge is 0.347 e. The molecule has 2 atom stereocenters. The standard InChI is InChI=1S/C12H16N6O7S/c19-9(5-16-7-13-6-15-16)3-14-11(20)10-2-1-8-4-17(10)12(21)18(8)25-26(22,23)24/h6-8,10H,1-5H2,(H,14,20)(H,22,23,24)/t8-,10+/m1/s1. The number of carbonyl (C=O) groups is 3. The molecule has 2 fully saturated rings. The van der Waals surface area contributed by atoms with Crippen LogP contribution >= 0.6 is 0 Å². The Kier molecular flexibility index (Phi) is 4.88. The summed E-state index contributed by atoms with van der Waals surface area (Å²) < 4.78 is 36.0. The molecule has 142 valence electrons. The number of urea groups is 1. The molecule has 0 spiro atoms. The van der Waals surface area contributed by atoms with Crippen LogP contribution in [0.25, 0.3) is 0 Å². The summed E-state index contributed by atoms with van der Waals surface area (Å²) in [5, 5.41) is 6.80. The number of nitrogens with one attached hydrogen (secondary N) is 1. The van der Waals surface area contributed by atoms with E-state index in [-0.39, 0.29) is 31.8 Å². The average Bonchev–Trinajstić information content (AvgIpc) is 3.15. The Labute approximate surface area is 147 Å². The second-order valence-electron chi connectivity index (χ2n) is 5.86. The van der Waals surface area contributed by atoms with Crippen LogP contribution in [0.3, 0.4) is 0 Å². The molecule has 26 heavy (non-hydrogen) atoms. The molecule has 2 aliphatic rings. The summed E-state index contributed by atoms with van der Waals surface area (Å²) in [7, 11) is -4.84. The van der Waals surface area contributed by atoms with Gasteiger partial charge in [-0.1, -0.05) is 0 Å². The van der Waals surface area contributed by atoms with Crippen LogP contribution in [0.15, 0.2) is 12.7 Å². The Morgan fingerprint density at radius 3 is 2.81 bits per heavy atom. The van der Waals surface area contributed by atoms with Crippen LogP contribution < -0.4 is 5.32 Å². The number of rotatable bonds is 7. The number of aromatic nitrogens is 3. The molecule has 2 aliphatic heterocycles. The van der Waals surface area contributed by atoms with Crippen molar-refractivity contribution in [2.45, 2.75) is 31.5 Å². The quantitative estimate of drug-likeness (QED) is 0.501. The summed E-state index contributed by atoms with van der Waals surface area (Å²) in [6, 6.07) is -2.27. The molecule has 3 rings (SSSR count). The van der Waals surface area contributed by atoms with E-state index in [1.807, 2.05) is 0 Å². The van der Waals surface area contributed by atoms with Gasteiger partial charge >= 0.3 is 16.4 Å². The number of hydrogen-bond acceptors (Lipinski definition) is 8. The minimum atomic E-state index is -4.84. The Morgan fingerprint density at radius 1 is 1.38 bits per heavy atom. The third-order valence-electron chi connectivity index (χ3n) is 4.06. The van der Waals surface area contributed by atoms with Gasteiger partial charge in [-0.2, -0.15) is 18.6 Å². The number of nitrogens with zero attached hydrogens (tertiary/aromatic N) is 5. The van der Waals surface area contributed by atoms with E-state index >= 15 is 0 Å². The topological polar surface area (TPSA) is 164 Å². The lowest BCUT2D eigenvalue weighted by Crippen LogP contribution is -2.50. The zero-order valence-corrected chi connectivity index (χ0v) is 14.2. The molecule has 0 aromatic carbocycles. The number of hydroxylamine groups is 2. The molecule has 0 unspecified atom stereocenters. The number of amides is 3. The van der Waals surface area contributed by atoms with Crippen LogP contribution in [0, 0.1) is 0 Å². The second kappa shape index (κ2) is 6.97. The number of hydrogen-bond donors (Lipinski definition) is 2. The minimum absolute atomic E-state index is 0.0500. The van der Waals surface area contributed by atoms with Crippen molar-refractivity contribution < 1.29 is 31.6 Å². The van der Waals surface area contributed by atoms with E-state index in [0.717, 1.165) is 4.90 Å². The van der Waals surface area contributed by atoms with E-state index in [1.165, 1.54) is 17.3 Å². The summed E-state index contributed by atoms with van der Waals surface area (Å²) in [4.78, 5) is 41.2. The Hall–Kier alpha value is -2.58. The molecule has 2 saturated heterocycles. The summed E-state index contributed by atoms with van der Waals surface area (Å²) in [6.07, 6.45) is 3.23. The van der Waals surface area contributed by atoms with Crippen LogP contribution in [0.5, 0.6) is 0 Å². The molecule has 1 aromatic rings. The highest BCUT2D eigenvalue weighted by Crippen LogP contribution is 2.30. The fraction of sp³-hybridized carbons (Fsp3) is 0.583. The molecule has 2 bridgehead atoms. The Morgan fingerprint density at radius 2 is 2.15 bits per heavy atom. The van der Waals surface area contributed by atoms with Crippen molar-refractivity contribution in [1.82, 2.24) is 30.0 Å². The van der Waals surface area contributed by atoms with Crippen molar-refractivity contribution >= 4 is 28.1 Å². The van der Waals surface area contributed by atoms with Crippen LogP contribution in [-0.4, -0.2) is 80.6 Å². The molecule has 3 heterocycles. The molecular formula is C12H16N6O7S. The maximum absolute atomic E-state index is 12.3. The van der Waals surface area contributed by atoms with Crippen molar-refractivity contribution in [2.24, 2.45) is 0 Å². The monoisotopic (exact) mass is 388 g/mol. The lowest BCUT2D eigenvalue weighted by atomic mass is 10.0. The Bertz CT molecular complexity index is 810. The third kappa shape index (κ3) is 3.97. The lowest BCUT2D eigenvalue weighted by Gasteiger charge is -2.29. The number of carbonyl (C=O) groups excluding carboxylic acids is 3. The first-order valence-corrected chi connectivity index (χ1v) is 9.00. The highest BCUT2D eigenvalue weighted by molar-refractivity contribution is 7.80. The van der Waals surface area contributed by atoms with Gasteiger partial charge in [-0.15, -0.1) is 4.28 Å². The van der Waals surface area contributed by atoms with Gasteiger partial charge in [0, 0.05) is 6.54 Å². The van der Waals surface area contributed by atoms with E-state index in [4.69, 9.17) is 4.55 Å². The largest absolute Gasteiger partial charge is 0.418 e. The van der Waals surface area contributed by atoms with Gasteiger partial charge in [0.15, 0.2) is 5.78 Å². The summed E-state index contributed by atoms with van der Waals surface area (Å²) >= 11 is 0. The second-order valence-corrected chi connectivity index (χ2v) is 6.86. The van der Waals surface area contributed by atoms with Gasteiger partial charge in [0.1, 0.15) is 25.2 Å². The molecule has 0 aliphatic carbocycles. The fourth-order valence-electron chi connectivity index (χ4n) is 2.96. The van der Waals surface area contributed by atoms with Crippen molar-refractivity contribution in [2.75, 3.05) is 13.1 Å². The number of Topliss-reactive ketones (excluding diaryl/α,β-unsaturated/α-hetero) is 1. The molecule has 3 amide bonds. The summed E-state index contributed by atoms with van der Waals surface area (Å²) in [6.45, 7) is -0.211. The highest BCUT2D eigenvalue weighted by atomic mass is 32.3. The van der Waals surface area contributed by atoms with Gasteiger partial charge in [0.25, 0.3) is 0 Å². The molecule has 1 aromatic heterocycles. The lowest BCUT2D eigenvalue weighted by molar-refractivity contribution is -0.128. The number of fused-ring (bicyclic) bond motifs is 2.